The summed E-state index contributed by atoms with van der Waals surface area (Å²) in [6, 6.07) is 4.27. The van der Waals surface area contributed by atoms with Crippen LogP contribution in [0.3, 0.4) is 0 Å². The van der Waals surface area contributed by atoms with Gasteiger partial charge in [-0.2, -0.15) is 4.98 Å². The van der Waals surface area contributed by atoms with Crippen LogP contribution in [-0.4, -0.2) is 61.3 Å². The first-order valence-corrected chi connectivity index (χ1v) is 9.45. The van der Waals surface area contributed by atoms with Gasteiger partial charge in [0.15, 0.2) is 5.58 Å². The molecule has 1 aliphatic heterocycles. The Labute approximate surface area is 164 Å². The predicted molar refractivity (Wildman–Crippen MR) is 108 cm³/mol. The van der Waals surface area contributed by atoms with E-state index in [-0.39, 0.29) is 12.1 Å². The summed E-state index contributed by atoms with van der Waals surface area (Å²) in [5.74, 6) is 0. The molecular weight excluding hydrogens is 368 g/mol. The van der Waals surface area contributed by atoms with E-state index in [4.69, 9.17) is 20.8 Å². The highest BCUT2D eigenvalue weighted by Gasteiger charge is 2.32. The number of oxazole rings is 1. The maximum absolute atomic E-state index is 12.3. The Morgan fingerprint density at radius 3 is 2.63 bits per heavy atom. The van der Waals surface area contributed by atoms with E-state index in [0.29, 0.717) is 36.3 Å². The molecule has 1 aliphatic rings. The molecule has 0 N–H and O–H groups in total. The van der Waals surface area contributed by atoms with Crippen molar-refractivity contribution >= 4 is 40.5 Å². The van der Waals surface area contributed by atoms with E-state index < -0.39 is 5.60 Å². The minimum atomic E-state index is -0.500. The average molecular weight is 395 g/mol. The number of rotatable bonds is 2. The predicted octanol–water partition coefficient (Wildman–Crippen LogP) is 3.99. The fourth-order valence-electron chi connectivity index (χ4n) is 3.16. The number of carbonyl (C=O) groups is 1. The first-order chi connectivity index (χ1) is 12.5. The van der Waals surface area contributed by atoms with Crippen molar-refractivity contribution in [2.75, 3.05) is 43.5 Å². The highest BCUT2D eigenvalue weighted by molar-refractivity contribution is 6.31. The lowest BCUT2D eigenvalue weighted by Gasteiger charge is -2.39. The number of halogens is 1. The van der Waals surface area contributed by atoms with Gasteiger partial charge < -0.3 is 23.9 Å². The Bertz CT molecular complexity index is 843. The Morgan fingerprint density at radius 1 is 1.33 bits per heavy atom. The molecule has 2 aromatic rings. The summed E-state index contributed by atoms with van der Waals surface area (Å²) >= 11 is 6.22. The fourth-order valence-corrected chi connectivity index (χ4v) is 3.37. The van der Waals surface area contributed by atoms with E-state index in [1.165, 1.54) is 0 Å². The van der Waals surface area contributed by atoms with Crippen molar-refractivity contribution in [2.24, 2.45) is 0 Å². The molecule has 1 aromatic heterocycles. The van der Waals surface area contributed by atoms with E-state index in [1.807, 2.05) is 52.8 Å². The van der Waals surface area contributed by atoms with E-state index in [1.54, 1.807) is 11.0 Å². The van der Waals surface area contributed by atoms with Gasteiger partial charge in [0.05, 0.1) is 5.69 Å². The summed E-state index contributed by atoms with van der Waals surface area (Å²) in [4.78, 5) is 22.7. The van der Waals surface area contributed by atoms with Crippen molar-refractivity contribution in [3.63, 3.8) is 0 Å². The van der Waals surface area contributed by atoms with Gasteiger partial charge in [0, 0.05) is 44.8 Å². The second-order valence-electron chi connectivity index (χ2n) is 8.13. The van der Waals surface area contributed by atoms with Gasteiger partial charge in [-0.3, -0.25) is 0 Å². The molecule has 3 rings (SSSR count). The summed E-state index contributed by atoms with van der Waals surface area (Å²) in [5.41, 5.74) is 1.82. The minimum absolute atomic E-state index is 0.0533. The standard InChI is InChI=1S/C19H27ClN4O3/c1-12-11-23(18(25)27-19(2,3)4)7-8-24(12)17-21-14-9-13(20)10-15(22(5)6)16(14)26-17/h9-10,12H,7-8,11H2,1-6H3/t12-/m0/s1. The van der Waals surface area contributed by atoms with Gasteiger partial charge >= 0.3 is 6.09 Å². The number of anilines is 2. The molecule has 148 valence electrons. The number of piperazine rings is 1. The van der Waals surface area contributed by atoms with Crippen molar-refractivity contribution in [1.29, 1.82) is 0 Å². The SMILES string of the molecule is C[C@H]1CN(C(=O)OC(C)(C)C)CCN1c1nc2cc(Cl)cc(N(C)C)c2o1. The molecule has 0 radical (unpaired) electrons. The van der Waals surface area contributed by atoms with Gasteiger partial charge in [0.1, 0.15) is 11.1 Å². The van der Waals surface area contributed by atoms with Crippen LogP contribution in [0, 0.1) is 0 Å². The van der Waals surface area contributed by atoms with Gasteiger partial charge in [-0.25, -0.2) is 4.79 Å². The van der Waals surface area contributed by atoms with Crippen LogP contribution in [0.1, 0.15) is 27.7 Å². The first-order valence-electron chi connectivity index (χ1n) is 9.07. The van der Waals surface area contributed by atoms with Crippen LogP contribution in [0.25, 0.3) is 11.1 Å². The third kappa shape index (κ3) is 4.24. The van der Waals surface area contributed by atoms with Crippen LogP contribution >= 0.6 is 11.6 Å². The smallest absolute Gasteiger partial charge is 0.410 e. The van der Waals surface area contributed by atoms with Crippen LogP contribution < -0.4 is 9.80 Å². The molecule has 0 unspecified atom stereocenters. The minimum Gasteiger partial charge on any atom is -0.444 e. The van der Waals surface area contributed by atoms with Gasteiger partial charge in [-0.1, -0.05) is 11.6 Å². The van der Waals surface area contributed by atoms with Crippen LogP contribution in [0.5, 0.6) is 0 Å². The second-order valence-corrected chi connectivity index (χ2v) is 8.57. The molecule has 0 aliphatic carbocycles. The quantitative estimate of drug-likeness (QED) is 0.767. The number of nitrogens with zero attached hydrogens (tertiary/aromatic N) is 4. The van der Waals surface area contributed by atoms with E-state index >= 15 is 0 Å². The normalized spacial score (nSPS) is 18.1. The molecule has 27 heavy (non-hydrogen) atoms. The maximum atomic E-state index is 12.3. The number of hydrogen-bond acceptors (Lipinski definition) is 6. The fraction of sp³-hybridized carbons (Fsp3) is 0.579. The van der Waals surface area contributed by atoms with Crippen molar-refractivity contribution in [2.45, 2.75) is 39.3 Å². The van der Waals surface area contributed by atoms with Gasteiger partial charge in [-0.05, 0) is 39.8 Å². The zero-order valence-electron chi connectivity index (χ0n) is 16.7. The molecule has 0 saturated carbocycles. The number of hydrogen-bond donors (Lipinski definition) is 0. The molecule has 7 nitrogen and oxygen atoms in total. The molecule has 0 spiro atoms. The van der Waals surface area contributed by atoms with Crippen LogP contribution in [0.4, 0.5) is 16.5 Å². The molecule has 1 saturated heterocycles. The molecule has 1 fully saturated rings. The summed E-state index contributed by atoms with van der Waals surface area (Å²) in [7, 11) is 3.88. The summed E-state index contributed by atoms with van der Waals surface area (Å²) in [6.45, 7) is 9.39. The lowest BCUT2D eigenvalue weighted by Crippen LogP contribution is -2.54. The zero-order valence-corrected chi connectivity index (χ0v) is 17.5. The maximum Gasteiger partial charge on any atom is 0.410 e. The van der Waals surface area contributed by atoms with E-state index in [9.17, 15) is 4.79 Å². The van der Waals surface area contributed by atoms with Crippen molar-refractivity contribution < 1.29 is 13.9 Å². The van der Waals surface area contributed by atoms with Crippen molar-refractivity contribution in [3.8, 4) is 0 Å². The van der Waals surface area contributed by atoms with Crippen LogP contribution in [-0.2, 0) is 4.74 Å². The number of fused-ring (bicyclic) bond motifs is 1. The van der Waals surface area contributed by atoms with Gasteiger partial charge in [0.25, 0.3) is 6.01 Å². The van der Waals surface area contributed by atoms with Crippen LogP contribution in [0.2, 0.25) is 5.02 Å². The molecule has 2 heterocycles. The second kappa shape index (κ2) is 7.11. The summed E-state index contributed by atoms with van der Waals surface area (Å²) in [5, 5.41) is 0.619. The topological polar surface area (TPSA) is 62.1 Å². The van der Waals surface area contributed by atoms with Crippen molar-refractivity contribution in [1.82, 2.24) is 9.88 Å². The van der Waals surface area contributed by atoms with Crippen molar-refractivity contribution in [3.05, 3.63) is 17.2 Å². The third-order valence-corrected chi connectivity index (χ3v) is 4.65. The van der Waals surface area contributed by atoms with E-state index in [0.717, 1.165) is 11.2 Å². The number of carbonyl (C=O) groups excluding carboxylic acids is 1. The molecule has 1 aromatic carbocycles. The largest absolute Gasteiger partial charge is 0.444 e. The van der Waals surface area contributed by atoms with Gasteiger partial charge in [-0.15, -0.1) is 0 Å². The van der Waals surface area contributed by atoms with Gasteiger partial charge in [0.2, 0.25) is 0 Å². The molecular formula is C19H27ClN4O3. The molecule has 0 bridgehead atoms. The Morgan fingerprint density at radius 2 is 2.04 bits per heavy atom. The molecule has 1 atom stereocenters. The number of aromatic nitrogens is 1. The average Bonchev–Trinajstić information content (AvgIpc) is 2.95. The number of ether oxygens (including phenoxy) is 1. The summed E-state index contributed by atoms with van der Waals surface area (Å²) < 4.78 is 11.6. The highest BCUT2D eigenvalue weighted by Crippen LogP contribution is 2.34. The third-order valence-electron chi connectivity index (χ3n) is 4.43. The highest BCUT2D eigenvalue weighted by atomic mass is 35.5. The molecule has 1 amide bonds. The number of amides is 1. The first kappa shape index (κ1) is 19.6. The lowest BCUT2D eigenvalue weighted by molar-refractivity contribution is 0.0216. The lowest BCUT2D eigenvalue weighted by atomic mass is 10.2. The van der Waals surface area contributed by atoms with Crippen LogP contribution in [0.15, 0.2) is 16.5 Å². The monoisotopic (exact) mass is 394 g/mol. The summed E-state index contributed by atoms with van der Waals surface area (Å²) in [6.07, 6.45) is -0.284. The molecule has 8 heteroatoms. The Kier molecular flexibility index (Phi) is 5.16. The Hall–Kier alpha value is -2.15. The van der Waals surface area contributed by atoms with E-state index in [2.05, 4.69) is 9.88 Å². The zero-order chi connectivity index (χ0) is 19.9. The number of benzene rings is 1. The Balaban J connectivity index is 1.80.